The summed E-state index contributed by atoms with van der Waals surface area (Å²) in [4.78, 5) is 50.2. The zero-order valence-electron chi connectivity index (χ0n) is 11.0. The zero-order chi connectivity index (χ0) is 14.9. The Morgan fingerprint density at radius 2 is 1.95 bits per heavy atom. The van der Waals surface area contributed by atoms with Gasteiger partial charge in [0, 0.05) is 26.7 Å². The monoisotopic (exact) mass is 284 g/mol. The standard InChI is InChI=1S/C11H16N4O5/c1-13-2-3-14(6-9(13)17)11(20)15-5-8(16)12-4-7(15)10(18)19/h7H,2-6H2,1H3,(H,12,16)(H,18,19). The summed E-state index contributed by atoms with van der Waals surface area (Å²) in [7, 11) is 1.64. The number of nitrogens with zero attached hydrogens (tertiary/aromatic N) is 3. The number of carboxylic acid groups (broad SMARTS) is 1. The Balaban J connectivity index is 2.11. The van der Waals surface area contributed by atoms with E-state index in [2.05, 4.69) is 5.32 Å². The van der Waals surface area contributed by atoms with Gasteiger partial charge in [0.25, 0.3) is 0 Å². The summed E-state index contributed by atoms with van der Waals surface area (Å²) in [6, 6.07) is -1.69. The largest absolute Gasteiger partial charge is 0.480 e. The van der Waals surface area contributed by atoms with Crippen molar-refractivity contribution in [3.63, 3.8) is 0 Å². The van der Waals surface area contributed by atoms with E-state index in [4.69, 9.17) is 5.11 Å². The molecule has 2 aliphatic rings. The fourth-order valence-corrected chi connectivity index (χ4v) is 2.17. The van der Waals surface area contributed by atoms with E-state index in [1.54, 1.807) is 7.05 Å². The van der Waals surface area contributed by atoms with Crippen molar-refractivity contribution in [1.29, 1.82) is 0 Å². The lowest BCUT2D eigenvalue weighted by Gasteiger charge is -2.39. The minimum atomic E-state index is -1.18. The number of hydrogen-bond donors (Lipinski definition) is 2. The van der Waals surface area contributed by atoms with Gasteiger partial charge in [-0.05, 0) is 0 Å². The van der Waals surface area contributed by atoms with E-state index in [0.29, 0.717) is 13.1 Å². The number of piperazine rings is 2. The number of carboxylic acids is 1. The van der Waals surface area contributed by atoms with E-state index >= 15 is 0 Å². The lowest BCUT2D eigenvalue weighted by molar-refractivity contribution is -0.144. The minimum Gasteiger partial charge on any atom is -0.480 e. The Hall–Kier alpha value is -2.32. The first-order chi connectivity index (χ1) is 9.40. The normalized spacial score (nSPS) is 23.6. The van der Waals surface area contributed by atoms with Crippen molar-refractivity contribution in [3.05, 3.63) is 0 Å². The van der Waals surface area contributed by atoms with E-state index in [1.165, 1.54) is 9.80 Å². The van der Waals surface area contributed by atoms with Gasteiger partial charge in [-0.15, -0.1) is 0 Å². The van der Waals surface area contributed by atoms with E-state index in [0.717, 1.165) is 4.90 Å². The van der Waals surface area contributed by atoms with Crippen LogP contribution in [0.4, 0.5) is 4.79 Å². The lowest BCUT2D eigenvalue weighted by atomic mass is 10.2. The smallest absolute Gasteiger partial charge is 0.328 e. The number of likely N-dealkylation sites (N-methyl/N-ethyl adjacent to an activating group) is 1. The number of aliphatic carboxylic acids is 1. The molecule has 0 aromatic carbocycles. The summed E-state index contributed by atoms with van der Waals surface area (Å²) in [6.45, 7) is 0.186. The van der Waals surface area contributed by atoms with Gasteiger partial charge in [0.2, 0.25) is 11.8 Å². The van der Waals surface area contributed by atoms with Crippen LogP contribution >= 0.6 is 0 Å². The minimum absolute atomic E-state index is 0.0974. The predicted molar refractivity (Wildman–Crippen MR) is 65.7 cm³/mol. The number of rotatable bonds is 1. The Kier molecular flexibility index (Phi) is 3.77. The van der Waals surface area contributed by atoms with E-state index in [-0.39, 0.29) is 25.5 Å². The van der Waals surface area contributed by atoms with E-state index in [9.17, 15) is 19.2 Å². The summed E-state index contributed by atoms with van der Waals surface area (Å²) in [5, 5.41) is 11.5. The number of urea groups is 1. The molecule has 2 N–H and O–H groups in total. The van der Waals surface area contributed by atoms with Crippen molar-refractivity contribution in [3.8, 4) is 0 Å². The van der Waals surface area contributed by atoms with Crippen LogP contribution in [0.3, 0.4) is 0 Å². The molecule has 2 heterocycles. The molecule has 1 atom stereocenters. The average molecular weight is 284 g/mol. The third kappa shape index (κ3) is 2.65. The van der Waals surface area contributed by atoms with Crippen LogP contribution in [0.5, 0.6) is 0 Å². The highest BCUT2D eigenvalue weighted by Gasteiger charge is 2.38. The summed E-state index contributed by atoms with van der Waals surface area (Å²) in [5.74, 6) is -1.80. The van der Waals surface area contributed by atoms with Gasteiger partial charge in [0.05, 0.1) is 0 Å². The molecule has 4 amide bonds. The quantitative estimate of drug-likeness (QED) is 0.566. The fraction of sp³-hybridized carbons (Fsp3) is 0.636. The Bertz CT molecular complexity index is 466. The van der Waals surface area contributed by atoms with Crippen molar-refractivity contribution in [2.24, 2.45) is 0 Å². The van der Waals surface area contributed by atoms with Crippen LogP contribution < -0.4 is 5.32 Å². The molecule has 0 bridgehead atoms. The highest BCUT2D eigenvalue weighted by Crippen LogP contribution is 2.11. The summed E-state index contributed by atoms with van der Waals surface area (Å²) < 4.78 is 0. The number of amides is 4. The van der Waals surface area contributed by atoms with Crippen molar-refractivity contribution < 1.29 is 24.3 Å². The molecule has 1 unspecified atom stereocenters. The topological polar surface area (TPSA) is 110 Å². The van der Waals surface area contributed by atoms with Gasteiger partial charge in [-0.3, -0.25) is 14.5 Å². The van der Waals surface area contributed by atoms with Crippen molar-refractivity contribution in [2.45, 2.75) is 6.04 Å². The molecule has 2 saturated heterocycles. The van der Waals surface area contributed by atoms with Gasteiger partial charge >= 0.3 is 12.0 Å². The lowest BCUT2D eigenvalue weighted by Crippen LogP contribution is -2.63. The highest BCUT2D eigenvalue weighted by molar-refractivity contribution is 5.92. The van der Waals surface area contributed by atoms with Crippen molar-refractivity contribution in [2.75, 3.05) is 39.8 Å². The zero-order valence-corrected chi connectivity index (χ0v) is 11.0. The molecule has 0 radical (unpaired) electrons. The van der Waals surface area contributed by atoms with Gasteiger partial charge in [0.1, 0.15) is 19.1 Å². The Morgan fingerprint density at radius 3 is 2.55 bits per heavy atom. The molecule has 2 aliphatic heterocycles. The molecule has 9 nitrogen and oxygen atoms in total. The third-order valence-electron chi connectivity index (χ3n) is 3.44. The first kappa shape index (κ1) is 14.1. The molecule has 0 aromatic rings. The molecule has 0 saturated carbocycles. The first-order valence-corrected chi connectivity index (χ1v) is 6.19. The maximum Gasteiger partial charge on any atom is 0.328 e. The summed E-state index contributed by atoms with van der Waals surface area (Å²) >= 11 is 0. The van der Waals surface area contributed by atoms with Gasteiger partial charge in [0.15, 0.2) is 0 Å². The molecule has 9 heteroatoms. The van der Waals surface area contributed by atoms with Crippen LogP contribution in [0.15, 0.2) is 0 Å². The first-order valence-electron chi connectivity index (χ1n) is 6.19. The second-order valence-electron chi connectivity index (χ2n) is 4.81. The number of hydrogen-bond acceptors (Lipinski definition) is 4. The Labute approximate surface area is 115 Å². The molecule has 0 aromatic heterocycles. The van der Waals surface area contributed by atoms with Gasteiger partial charge in [-0.1, -0.05) is 0 Å². The van der Waals surface area contributed by atoms with Crippen molar-refractivity contribution in [1.82, 2.24) is 20.0 Å². The van der Waals surface area contributed by atoms with E-state index < -0.39 is 23.9 Å². The maximum absolute atomic E-state index is 12.3. The molecule has 20 heavy (non-hydrogen) atoms. The van der Waals surface area contributed by atoms with Gasteiger partial charge < -0.3 is 20.2 Å². The molecule has 0 spiro atoms. The SMILES string of the molecule is CN1CCN(C(=O)N2CC(=O)NCC2C(=O)O)CC1=O. The molecular formula is C11H16N4O5. The second kappa shape index (κ2) is 5.35. The highest BCUT2D eigenvalue weighted by atomic mass is 16.4. The molecule has 110 valence electrons. The van der Waals surface area contributed by atoms with Gasteiger partial charge in [-0.2, -0.15) is 0 Å². The fourth-order valence-electron chi connectivity index (χ4n) is 2.17. The van der Waals surface area contributed by atoms with Crippen molar-refractivity contribution >= 4 is 23.8 Å². The second-order valence-corrected chi connectivity index (χ2v) is 4.81. The van der Waals surface area contributed by atoms with Crippen LogP contribution in [0, 0.1) is 0 Å². The van der Waals surface area contributed by atoms with Crippen LogP contribution in [0.25, 0.3) is 0 Å². The molecule has 0 aliphatic carbocycles. The predicted octanol–water partition coefficient (Wildman–Crippen LogP) is -2.23. The molecule has 2 rings (SSSR count). The average Bonchev–Trinajstić information content (AvgIpc) is 2.40. The summed E-state index contributed by atoms with van der Waals surface area (Å²) in [6.07, 6.45) is 0. The van der Waals surface area contributed by atoms with Crippen LogP contribution in [-0.4, -0.2) is 89.4 Å². The number of nitrogens with one attached hydrogen (secondary N) is 1. The summed E-state index contributed by atoms with van der Waals surface area (Å²) in [5.41, 5.74) is 0. The van der Waals surface area contributed by atoms with Gasteiger partial charge in [-0.25, -0.2) is 9.59 Å². The molecule has 2 fully saturated rings. The number of carbonyl (C=O) groups excluding carboxylic acids is 3. The van der Waals surface area contributed by atoms with Crippen LogP contribution in [-0.2, 0) is 14.4 Å². The molecular weight excluding hydrogens is 268 g/mol. The maximum atomic E-state index is 12.3. The number of carbonyl (C=O) groups is 4. The third-order valence-corrected chi connectivity index (χ3v) is 3.44. The van der Waals surface area contributed by atoms with Crippen LogP contribution in [0.1, 0.15) is 0 Å². The van der Waals surface area contributed by atoms with E-state index in [1.807, 2.05) is 0 Å². The van der Waals surface area contributed by atoms with Crippen LogP contribution in [0.2, 0.25) is 0 Å². The Morgan fingerprint density at radius 1 is 1.25 bits per heavy atom.